The van der Waals surface area contributed by atoms with Gasteiger partial charge in [-0.05, 0) is 18.6 Å². The quantitative estimate of drug-likeness (QED) is 0.849. The first kappa shape index (κ1) is 10.4. The minimum atomic E-state index is 0.736. The van der Waals surface area contributed by atoms with E-state index in [2.05, 4.69) is 28.9 Å². The molecule has 0 fully saturated rings. The van der Waals surface area contributed by atoms with Crippen molar-refractivity contribution >= 4 is 11.9 Å². The summed E-state index contributed by atoms with van der Waals surface area (Å²) in [6.45, 7) is 6.44. The number of nitrogens with one attached hydrogen (secondary N) is 1. The summed E-state index contributed by atoms with van der Waals surface area (Å²) in [4.78, 5) is 4.08. The minimum absolute atomic E-state index is 0.736. The Morgan fingerprint density at radius 3 is 3.06 bits per heavy atom. The van der Waals surface area contributed by atoms with Gasteiger partial charge in [-0.3, -0.25) is 4.98 Å². The van der Waals surface area contributed by atoms with E-state index in [1.165, 1.54) is 5.56 Å². The van der Waals surface area contributed by atoms with Crippen LogP contribution in [0.15, 0.2) is 37.4 Å². The fraction of sp³-hybridized carbons (Fsp3) is 0.167. The highest BCUT2D eigenvalue weighted by Gasteiger charge is 1.99. The molecule has 16 heavy (non-hydrogen) atoms. The Bertz CT molecular complexity index is 487. The Morgan fingerprint density at radius 1 is 1.50 bits per heavy atom. The first-order valence-electron chi connectivity index (χ1n) is 5.09. The van der Waals surface area contributed by atoms with E-state index in [1.807, 2.05) is 24.7 Å². The van der Waals surface area contributed by atoms with Crippen LogP contribution < -0.4 is 5.32 Å². The van der Waals surface area contributed by atoms with E-state index in [0.717, 1.165) is 17.8 Å². The summed E-state index contributed by atoms with van der Waals surface area (Å²) in [6.07, 6.45) is 9.04. The van der Waals surface area contributed by atoms with Crippen molar-refractivity contribution in [1.82, 2.24) is 14.8 Å². The van der Waals surface area contributed by atoms with Crippen molar-refractivity contribution in [1.29, 1.82) is 0 Å². The van der Waals surface area contributed by atoms with Crippen LogP contribution >= 0.6 is 0 Å². The molecule has 2 aromatic heterocycles. The van der Waals surface area contributed by atoms with E-state index in [-0.39, 0.29) is 0 Å². The van der Waals surface area contributed by atoms with E-state index in [1.54, 1.807) is 17.1 Å². The van der Waals surface area contributed by atoms with Crippen LogP contribution in [0, 0.1) is 6.92 Å². The summed E-state index contributed by atoms with van der Waals surface area (Å²) in [5.41, 5.74) is 3.35. The molecular weight excluding hydrogens is 200 g/mol. The Morgan fingerprint density at radius 2 is 2.38 bits per heavy atom. The zero-order valence-electron chi connectivity index (χ0n) is 9.22. The number of pyridine rings is 1. The smallest absolute Gasteiger partial charge is 0.0559 e. The van der Waals surface area contributed by atoms with Crippen molar-refractivity contribution in [3.05, 3.63) is 48.6 Å². The Labute approximate surface area is 94.6 Å². The lowest BCUT2D eigenvalue weighted by atomic mass is 10.2. The van der Waals surface area contributed by atoms with Crippen molar-refractivity contribution in [2.75, 3.05) is 5.32 Å². The average molecular weight is 214 g/mol. The zero-order valence-corrected chi connectivity index (χ0v) is 9.22. The number of nitrogens with zero attached hydrogens (tertiary/aromatic N) is 3. The molecule has 2 rings (SSSR count). The van der Waals surface area contributed by atoms with E-state index in [4.69, 9.17) is 0 Å². The van der Waals surface area contributed by atoms with Gasteiger partial charge in [0.05, 0.1) is 18.1 Å². The molecule has 1 N–H and O–H groups in total. The molecule has 82 valence electrons. The standard InChI is InChI=1S/C12H14N4/c1-3-16-9-11(7-15-16)6-14-12-8-13-5-4-10(12)2/h3-5,7-9,14H,1,6H2,2H3. The van der Waals surface area contributed by atoms with Crippen molar-refractivity contribution in [2.24, 2.45) is 0 Å². The van der Waals surface area contributed by atoms with Gasteiger partial charge in [0.1, 0.15) is 0 Å². The number of aromatic nitrogens is 3. The van der Waals surface area contributed by atoms with E-state index in [0.29, 0.717) is 0 Å². The molecule has 4 heteroatoms. The molecule has 0 atom stereocenters. The lowest BCUT2D eigenvalue weighted by Gasteiger charge is -2.06. The molecule has 0 spiro atoms. The Balaban J connectivity index is 2.02. The number of rotatable bonds is 4. The van der Waals surface area contributed by atoms with Crippen LogP contribution in [-0.2, 0) is 6.54 Å². The van der Waals surface area contributed by atoms with Crippen molar-refractivity contribution in [2.45, 2.75) is 13.5 Å². The maximum Gasteiger partial charge on any atom is 0.0559 e. The summed E-state index contributed by atoms with van der Waals surface area (Å²) in [5.74, 6) is 0. The lowest BCUT2D eigenvalue weighted by molar-refractivity contribution is 0.936. The van der Waals surface area contributed by atoms with Gasteiger partial charge in [-0.15, -0.1) is 0 Å². The fourth-order valence-electron chi connectivity index (χ4n) is 1.41. The van der Waals surface area contributed by atoms with Crippen LogP contribution in [0.1, 0.15) is 11.1 Å². The van der Waals surface area contributed by atoms with Gasteiger partial charge in [-0.1, -0.05) is 6.58 Å². The number of anilines is 1. The fourth-order valence-corrected chi connectivity index (χ4v) is 1.41. The van der Waals surface area contributed by atoms with Gasteiger partial charge >= 0.3 is 0 Å². The van der Waals surface area contributed by atoms with E-state index < -0.39 is 0 Å². The highest BCUT2D eigenvalue weighted by atomic mass is 15.2. The largest absolute Gasteiger partial charge is 0.379 e. The predicted octanol–water partition coefficient (Wildman–Crippen LogP) is 2.30. The van der Waals surface area contributed by atoms with Crippen molar-refractivity contribution in [3.63, 3.8) is 0 Å². The molecule has 2 aromatic rings. The molecule has 0 radical (unpaired) electrons. The summed E-state index contributed by atoms with van der Waals surface area (Å²) >= 11 is 0. The average Bonchev–Trinajstić information content (AvgIpc) is 2.76. The highest BCUT2D eigenvalue weighted by molar-refractivity contribution is 5.48. The summed E-state index contributed by atoms with van der Waals surface area (Å²) in [7, 11) is 0. The molecule has 0 aromatic carbocycles. The molecule has 0 saturated heterocycles. The van der Waals surface area contributed by atoms with Gasteiger partial charge in [0, 0.05) is 30.7 Å². The van der Waals surface area contributed by atoms with Gasteiger partial charge in [0.25, 0.3) is 0 Å². The third-order valence-corrected chi connectivity index (χ3v) is 2.36. The van der Waals surface area contributed by atoms with Gasteiger partial charge in [0.2, 0.25) is 0 Å². The van der Waals surface area contributed by atoms with Crippen molar-refractivity contribution < 1.29 is 0 Å². The van der Waals surface area contributed by atoms with Gasteiger partial charge < -0.3 is 5.32 Å². The molecule has 0 unspecified atom stereocenters. The second kappa shape index (κ2) is 4.61. The number of hydrogen-bond acceptors (Lipinski definition) is 3. The first-order chi connectivity index (χ1) is 7.79. The van der Waals surface area contributed by atoms with Crippen LogP contribution in [0.3, 0.4) is 0 Å². The highest BCUT2D eigenvalue weighted by Crippen LogP contribution is 2.12. The topological polar surface area (TPSA) is 42.7 Å². The normalized spacial score (nSPS) is 10.1. The molecular formula is C12H14N4. The monoisotopic (exact) mass is 214 g/mol. The Hall–Kier alpha value is -2.10. The predicted molar refractivity (Wildman–Crippen MR) is 64.9 cm³/mol. The second-order valence-electron chi connectivity index (χ2n) is 3.56. The molecule has 2 heterocycles. The number of hydrogen-bond donors (Lipinski definition) is 1. The zero-order chi connectivity index (χ0) is 11.4. The Kier molecular flexibility index (Phi) is 3.00. The molecule has 0 saturated carbocycles. The van der Waals surface area contributed by atoms with Crippen LogP contribution in [0.4, 0.5) is 5.69 Å². The third kappa shape index (κ3) is 2.28. The molecule has 0 aliphatic carbocycles. The third-order valence-electron chi connectivity index (χ3n) is 2.36. The SMILES string of the molecule is C=Cn1cc(CNc2cnccc2C)cn1. The molecule has 0 aliphatic heterocycles. The lowest BCUT2D eigenvalue weighted by Crippen LogP contribution is -2.00. The summed E-state index contributed by atoms with van der Waals surface area (Å²) < 4.78 is 1.69. The van der Waals surface area contributed by atoms with Crippen molar-refractivity contribution in [3.8, 4) is 0 Å². The second-order valence-corrected chi connectivity index (χ2v) is 3.56. The van der Waals surface area contributed by atoms with Gasteiger partial charge in [-0.2, -0.15) is 5.10 Å². The van der Waals surface area contributed by atoms with E-state index >= 15 is 0 Å². The van der Waals surface area contributed by atoms with E-state index in [9.17, 15) is 0 Å². The van der Waals surface area contributed by atoms with Crippen LogP contribution in [-0.4, -0.2) is 14.8 Å². The molecule has 0 aliphatic rings. The molecule has 0 amide bonds. The van der Waals surface area contributed by atoms with Gasteiger partial charge in [0.15, 0.2) is 0 Å². The van der Waals surface area contributed by atoms with Crippen LogP contribution in [0.25, 0.3) is 6.20 Å². The molecule has 0 bridgehead atoms. The first-order valence-corrected chi connectivity index (χ1v) is 5.09. The maximum atomic E-state index is 4.11. The maximum absolute atomic E-state index is 4.11. The van der Waals surface area contributed by atoms with Crippen LogP contribution in [0.5, 0.6) is 0 Å². The minimum Gasteiger partial charge on any atom is -0.379 e. The molecule has 4 nitrogen and oxygen atoms in total. The van der Waals surface area contributed by atoms with Gasteiger partial charge in [-0.25, -0.2) is 4.68 Å². The number of aryl methyl sites for hydroxylation is 1. The van der Waals surface area contributed by atoms with Crippen LogP contribution in [0.2, 0.25) is 0 Å². The summed E-state index contributed by atoms with van der Waals surface area (Å²) in [5, 5.41) is 7.43. The summed E-state index contributed by atoms with van der Waals surface area (Å²) in [6, 6.07) is 1.98.